The molecule has 1 aromatic carbocycles. The van der Waals surface area contributed by atoms with E-state index in [0.29, 0.717) is 28.5 Å². The Balaban J connectivity index is 1.99. The lowest BCUT2D eigenvalue weighted by Crippen LogP contribution is -2.48. The summed E-state index contributed by atoms with van der Waals surface area (Å²) in [4.78, 5) is 6.12. The molecule has 2 aliphatic rings. The normalized spacial score (nSPS) is 36.5. The number of rotatable bonds is 1. The van der Waals surface area contributed by atoms with Crippen molar-refractivity contribution in [3.8, 4) is 6.07 Å². The monoisotopic (exact) mass is 332 g/mol. The van der Waals surface area contributed by atoms with Crippen LogP contribution in [0.3, 0.4) is 0 Å². The molecule has 1 saturated carbocycles. The Morgan fingerprint density at radius 1 is 1.30 bits per heavy atom. The van der Waals surface area contributed by atoms with Gasteiger partial charge in [0, 0.05) is 19.0 Å². The lowest BCUT2D eigenvalue weighted by atomic mass is 9.59. The van der Waals surface area contributed by atoms with Gasteiger partial charge in [-0.2, -0.15) is 10.3 Å². The highest BCUT2D eigenvalue weighted by atomic mass is 35.5. The van der Waals surface area contributed by atoms with Crippen molar-refractivity contribution in [2.45, 2.75) is 57.6 Å². The van der Waals surface area contributed by atoms with Crippen molar-refractivity contribution in [2.24, 2.45) is 11.8 Å². The molecule has 0 radical (unpaired) electrons. The molecule has 1 aliphatic carbocycles. The predicted molar refractivity (Wildman–Crippen MR) is 92.1 cm³/mol. The summed E-state index contributed by atoms with van der Waals surface area (Å²) >= 11 is 6.11. The SMILES string of the molecule is CC1CC(C)(c2ccc(Cl)c(C#N)c2)CC2C1N(C)OC2(C)C. The lowest BCUT2D eigenvalue weighted by Gasteiger charge is -2.46. The molecule has 0 aromatic heterocycles. The van der Waals surface area contributed by atoms with Crippen molar-refractivity contribution in [1.29, 1.82) is 5.26 Å². The highest BCUT2D eigenvalue weighted by Crippen LogP contribution is 2.53. The Kier molecular flexibility index (Phi) is 3.99. The van der Waals surface area contributed by atoms with E-state index in [1.165, 1.54) is 5.56 Å². The number of benzene rings is 1. The van der Waals surface area contributed by atoms with Gasteiger partial charge in [-0.25, -0.2) is 0 Å². The summed E-state index contributed by atoms with van der Waals surface area (Å²) in [5.74, 6) is 1.01. The standard InChI is InChI=1S/C19H25ClN2O/c1-12-9-19(4,14-6-7-16(20)13(8-14)11-21)10-15-17(12)22(5)23-18(15,2)3/h6-8,12,15,17H,9-10H2,1-5H3. The van der Waals surface area contributed by atoms with E-state index >= 15 is 0 Å². The fraction of sp³-hybridized carbons (Fsp3) is 0.632. The Labute approximate surface area is 144 Å². The number of halogens is 1. The fourth-order valence-electron chi connectivity index (χ4n) is 4.91. The van der Waals surface area contributed by atoms with Gasteiger partial charge < -0.3 is 0 Å². The minimum absolute atomic E-state index is 0.0442. The Morgan fingerprint density at radius 3 is 2.65 bits per heavy atom. The molecule has 0 amide bonds. The Hall–Kier alpha value is -1.08. The quantitative estimate of drug-likeness (QED) is 0.757. The highest BCUT2D eigenvalue weighted by Gasteiger charge is 2.55. The zero-order valence-corrected chi connectivity index (χ0v) is 15.3. The van der Waals surface area contributed by atoms with Gasteiger partial charge in [0.05, 0.1) is 16.2 Å². The molecule has 1 saturated heterocycles. The van der Waals surface area contributed by atoms with Crippen molar-refractivity contribution in [2.75, 3.05) is 7.05 Å². The molecule has 3 nitrogen and oxygen atoms in total. The first-order chi connectivity index (χ1) is 10.7. The summed E-state index contributed by atoms with van der Waals surface area (Å²) in [7, 11) is 2.06. The van der Waals surface area contributed by atoms with Crippen LogP contribution in [0.5, 0.6) is 0 Å². The summed E-state index contributed by atoms with van der Waals surface area (Å²) in [5.41, 5.74) is 1.68. The predicted octanol–water partition coefficient (Wildman–Crippen LogP) is 4.54. The maximum atomic E-state index is 9.28. The Morgan fingerprint density at radius 2 is 2.00 bits per heavy atom. The first-order valence-electron chi connectivity index (χ1n) is 8.30. The molecule has 0 bridgehead atoms. The summed E-state index contributed by atoms with van der Waals surface area (Å²) < 4.78 is 0. The topological polar surface area (TPSA) is 36.3 Å². The van der Waals surface area contributed by atoms with Gasteiger partial charge in [0.15, 0.2) is 0 Å². The largest absolute Gasteiger partial charge is 0.293 e. The van der Waals surface area contributed by atoms with Gasteiger partial charge in [0.1, 0.15) is 6.07 Å². The van der Waals surface area contributed by atoms with Crippen molar-refractivity contribution in [3.05, 3.63) is 34.3 Å². The molecule has 4 unspecified atom stereocenters. The molecule has 1 aliphatic heterocycles. The summed E-state index contributed by atoms with van der Waals surface area (Å²) in [6.07, 6.45) is 2.15. The number of hydrogen-bond donors (Lipinski definition) is 0. The van der Waals surface area contributed by atoms with E-state index in [1.54, 1.807) is 0 Å². The van der Waals surface area contributed by atoms with Crippen LogP contribution in [0.25, 0.3) is 0 Å². The summed E-state index contributed by atoms with van der Waals surface area (Å²) in [6, 6.07) is 8.59. The summed E-state index contributed by atoms with van der Waals surface area (Å²) in [6.45, 7) is 9.01. The molecule has 0 N–H and O–H groups in total. The first-order valence-corrected chi connectivity index (χ1v) is 8.68. The van der Waals surface area contributed by atoms with Crippen LogP contribution in [-0.2, 0) is 10.3 Å². The molecule has 4 atom stereocenters. The van der Waals surface area contributed by atoms with Gasteiger partial charge in [0.2, 0.25) is 0 Å². The van der Waals surface area contributed by atoms with E-state index in [-0.39, 0.29) is 11.0 Å². The third kappa shape index (κ3) is 2.67. The van der Waals surface area contributed by atoms with Gasteiger partial charge in [-0.15, -0.1) is 0 Å². The van der Waals surface area contributed by atoms with E-state index in [1.807, 2.05) is 12.1 Å². The number of nitrogens with zero attached hydrogens (tertiary/aromatic N) is 2. The lowest BCUT2D eigenvalue weighted by molar-refractivity contribution is -0.182. The zero-order chi connectivity index (χ0) is 17.0. The highest BCUT2D eigenvalue weighted by molar-refractivity contribution is 6.31. The van der Waals surface area contributed by atoms with Crippen molar-refractivity contribution < 1.29 is 4.84 Å². The third-order valence-electron chi connectivity index (χ3n) is 5.91. The molecule has 124 valence electrons. The molecule has 0 spiro atoms. The maximum absolute atomic E-state index is 9.28. The van der Waals surface area contributed by atoms with E-state index in [9.17, 15) is 5.26 Å². The number of hydroxylamine groups is 2. The minimum Gasteiger partial charge on any atom is -0.293 e. The zero-order valence-electron chi connectivity index (χ0n) is 14.6. The molecular formula is C19H25ClN2O. The van der Waals surface area contributed by atoms with Crippen LogP contribution in [0.2, 0.25) is 5.02 Å². The second-order valence-corrected chi connectivity index (χ2v) is 8.50. The molecule has 2 fully saturated rings. The fourth-order valence-corrected chi connectivity index (χ4v) is 5.07. The molecule has 3 rings (SSSR count). The first kappa shape index (κ1) is 16.8. The van der Waals surface area contributed by atoms with Gasteiger partial charge >= 0.3 is 0 Å². The van der Waals surface area contributed by atoms with E-state index in [4.69, 9.17) is 16.4 Å². The summed E-state index contributed by atoms with van der Waals surface area (Å²) in [5, 5.41) is 11.9. The molecule has 4 heteroatoms. The van der Waals surface area contributed by atoms with E-state index in [2.05, 4.69) is 51.9 Å². The van der Waals surface area contributed by atoms with E-state index in [0.717, 1.165) is 12.8 Å². The Bertz CT molecular complexity index is 666. The average molecular weight is 333 g/mol. The number of nitriles is 1. The third-order valence-corrected chi connectivity index (χ3v) is 6.24. The van der Waals surface area contributed by atoms with Crippen LogP contribution >= 0.6 is 11.6 Å². The minimum atomic E-state index is -0.153. The van der Waals surface area contributed by atoms with Crippen molar-refractivity contribution in [1.82, 2.24) is 5.06 Å². The molecule has 1 heterocycles. The van der Waals surface area contributed by atoms with Crippen LogP contribution in [0.4, 0.5) is 0 Å². The van der Waals surface area contributed by atoms with Crippen molar-refractivity contribution >= 4 is 11.6 Å². The van der Waals surface area contributed by atoms with Gasteiger partial charge in [0.25, 0.3) is 0 Å². The smallest absolute Gasteiger partial charge is 0.101 e. The second-order valence-electron chi connectivity index (χ2n) is 8.09. The van der Waals surface area contributed by atoms with Gasteiger partial charge in [-0.1, -0.05) is 31.5 Å². The van der Waals surface area contributed by atoms with Crippen LogP contribution < -0.4 is 0 Å². The van der Waals surface area contributed by atoms with Gasteiger partial charge in [-0.3, -0.25) is 4.84 Å². The van der Waals surface area contributed by atoms with Crippen LogP contribution in [0, 0.1) is 23.2 Å². The maximum Gasteiger partial charge on any atom is 0.101 e. The molecule has 23 heavy (non-hydrogen) atoms. The van der Waals surface area contributed by atoms with Crippen LogP contribution in [-0.4, -0.2) is 23.8 Å². The van der Waals surface area contributed by atoms with Crippen molar-refractivity contribution in [3.63, 3.8) is 0 Å². The molecule has 1 aromatic rings. The van der Waals surface area contributed by atoms with Crippen LogP contribution in [0.15, 0.2) is 18.2 Å². The van der Waals surface area contributed by atoms with Crippen LogP contribution in [0.1, 0.15) is 51.7 Å². The number of fused-ring (bicyclic) bond motifs is 1. The number of hydrogen-bond acceptors (Lipinski definition) is 3. The van der Waals surface area contributed by atoms with E-state index < -0.39 is 0 Å². The molecular weight excluding hydrogens is 308 g/mol. The van der Waals surface area contributed by atoms with Gasteiger partial charge in [-0.05, 0) is 55.7 Å². The average Bonchev–Trinajstić information content (AvgIpc) is 2.68. The second kappa shape index (κ2) is 5.48.